The predicted molar refractivity (Wildman–Crippen MR) is 80.6 cm³/mol. The topological polar surface area (TPSA) is 62.6 Å². The highest BCUT2D eigenvalue weighted by Crippen LogP contribution is 2.41. The highest BCUT2D eigenvalue weighted by Gasteiger charge is 2.26. The van der Waals surface area contributed by atoms with E-state index in [1.54, 1.807) is 45.9 Å². The normalized spacial score (nSPS) is 15.0. The first-order valence-electron chi connectivity index (χ1n) is 6.75. The number of nitrogens with zero attached hydrogens (tertiary/aromatic N) is 2. The molecule has 22 heavy (non-hydrogen) atoms. The number of allylic oxidation sites excluding steroid dienone is 1. The largest absolute Gasteiger partial charge is 0.493 e. The molecule has 0 atom stereocenters. The summed E-state index contributed by atoms with van der Waals surface area (Å²) in [5, 5.41) is 0. The Labute approximate surface area is 127 Å². The fourth-order valence-corrected chi connectivity index (χ4v) is 2.58. The highest BCUT2D eigenvalue weighted by atomic mass is 16.5. The van der Waals surface area contributed by atoms with Crippen LogP contribution in [0.15, 0.2) is 30.1 Å². The molecule has 0 N–H and O–H groups in total. The number of methoxy groups -OCH3 is 3. The van der Waals surface area contributed by atoms with Crippen molar-refractivity contribution < 1.29 is 19.0 Å². The lowest BCUT2D eigenvalue weighted by Gasteiger charge is -2.14. The maximum atomic E-state index is 12.3. The monoisotopic (exact) mass is 300 g/mol. The zero-order valence-electron chi connectivity index (χ0n) is 12.6. The highest BCUT2D eigenvalue weighted by molar-refractivity contribution is 6.11. The smallest absolute Gasteiger partial charge is 0.226 e. The number of hydrogen-bond acceptors (Lipinski definition) is 5. The standard InChI is InChI=1S/C16H16N2O4/c1-20-12-5-4-10(14(21-2)15(12)22-3)8-11-9-18-7-6-17-16(18)13(11)19/h4-8H,9H2,1-3H3. The summed E-state index contributed by atoms with van der Waals surface area (Å²) in [5.41, 5.74) is 1.42. The molecule has 2 aromatic rings. The number of Topliss-reactive ketones (excluding diaryl/α,β-unsaturated/α-hetero) is 1. The van der Waals surface area contributed by atoms with Gasteiger partial charge in [-0.25, -0.2) is 4.98 Å². The molecule has 0 unspecified atom stereocenters. The summed E-state index contributed by atoms with van der Waals surface area (Å²) >= 11 is 0. The molecule has 6 heteroatoms. The first kappa shape index (κ1) is 14.2. The molecule has 0 spiro atoms. The zero-order chi connectivity index (χ0) is 15.7. The number of ketones is 1. The van der Waals surface area contributed by atoms with E-state index in [9.17, 15) is 4.79 Å². The van der Waals surface area contributed by atoms with Crippen molar-refractivity contribution in [3.63, 3.8) is 0 Å². The summed E-state index contributed by atoms with van der Waals surface area (Å²) in [6.45, 7) is 0.506. The third-order valence-electron chi connectivity index (χ3n) is 3.62. The Morgan fingerprint density at radius 2 is 1.91 bits per heavy atom. The number of aromatic nitrogens is 2. The van der Waals surface area contributed by atoms with Gasteiger partial charge in [-0.05, 0) is 18.2 Å². The zero-order valence-corrected chi connectivity index (χ0v) is 12.6. The van der Waals surface area contributed by atoms with Gasteiger partial charge in [0.2, 0.25) is 11.5 Å². The molecule has 1 aromatic carbocycles. The summed E-state index contributed by atoms with van der Waals surface area (Å²) in [4.78, 5) is 16.4. The number of hydrogen-bond donors (Lipinski definition) is 0. The second-order valence-electron chi connectivity index (χ2n) is 4.80. The van der Waals surface area contributed by atoms with Crippen molar-refractivity contribution in [2.24, 2.45) is 0 Å². The van der Waals surface area contributed by atoms with E-state index in [1.807, 2.05) is 10.6 Å². The van der Waals surface area contributed by atoms with Crippen molar-refractivity contribution in [3.05, 3.63) is 41.5 Å². The lowest BCUT2D eigenvalue weighted by Crippen LogP contribution is -1.99. The van der Waals surface area contributed by atoms with Crippen molar-refractivity contribution in [2.75, 3.05) is 21.3 Å². The van der Waals surface area contributed by atoms with Crippen LogP contribution < -0.4 is 14.2 Å². The SMILES string of the molecule is COc1ccc(C=C2Cn3ccnc3C2=O)c(OC)c1OC. The summed E-state index contributed by atoms with van der Waals surface area (Å²) in [5.74, 6) is 2.01. The van der Waals surface area contributed by atoms with Gasteiger partial charge in [-0.3, -0.25) is 4.79 Å². The molecule has 0 aliphatic carbocycles. The average Bonchev–Trinajstić information content (AvgIpc) is 3.10. The fraction of sp³-hybridized carbons (Fsp3) is 0.250. The fourth-order valence-electron chi connectivity index (χ4n) is 2.58. The van der Waals surface area contributed by atoms with Gasteiger partial charge >= 0.3 is 0 Å². The Kier molecular flexibility index (Phi) is 3.58. The van der Waals surface area contributed by atoms with Crippen molar-refractivity contribution in [3.8, 4) is 17.2 Å². The van der Waals surface area contributed by atoms with E-state index in [-0.39, 0.29) is 5.78 Å². The van der Waals surface area contributed by atoms with Gasteiger partial charge in [-0.15, -0.1) is 0 Å². The van der Waals surface area contributed by atoms with Crippen LogP contribution in [0.3, 0.4) is 0 Å². The third-order valence-corrected chi connectivity index (χ3v) is 3.62. The summed E-state index contributed by atoms with van der Waals surface area (Å²) in [7, 11) is 4.67. The van der Waals surface area contributed by atoms with E-state index >= 15 is 0 Å². The molecule has 0 amide bonds. The van der Waals surface area contributed by atoms with Crippen LogP contribution >= 0.6 is 0 Å². The molecule has 0 saturated heterocycles. The minimum Gasteiger partial charge on any atom is -0.493 e. The Morgan fingerprint density at radius 1 is 1.14 bits per heavy atom. The number of fused-ring (bicyclic) bond motifs is 1. The molecule has 1 aliphatic rings. The third kappa shape index (κ3) is 2.13. The summed E-state index contributed by atoms with van der Waals surface area (Å²) in [6, 6.07) is 3.62. The predicted octanol–water partition coefficient (Wildman–Crippen LogP) is 2.19. The van der Waals surface area contributed by atoms with E-state index in [0.717, 1.165) is 5.56 Å². The van der Waals surface area contributed by atoms with E-state index in [0.29, 0.717) is 35.2 Å². The molecule has 0 bridgehead atoms. The van der Waals surface area contributed by atoms with E-state index < -0.39 is 0 Å². The maximum Gasteiger partial charge on any atom is 0.226 e. The van der Waals surface area contributed by atoms with Gasteiger partial charge in [-0.1, -0.05) is 0 Å². The Balaban J connectivity index is 2.05. The van der Waals surface area contributed by atoms with Crippen LogP contribution in [0, 0.1) is 0 Å². The molecule has 0 fully saturated rings. The van der Waals surface area contributed by atoms with Crippen molar-refractivity contribution in [2.45, 2.75) is 6.54 Å². The maximum absolute atomic E-state index is 12.3. The Bertz CT molecular complexity index is 762. The second kappa shape index (κ2) is 5.55. The summed E-state index contributed by atoms with van der Waals surface area (Å²) in [6.07, 6.45) is 5.22. The Morgan fingerprint density at radius 3 is 2.55 bits per heavy atom. The number of rotatable bonds is 4. The average molecular weight is 300 g/mol. The van der Waals surface area contributed by atoms with E-state index in [4.69, 9.17) is 14.2 Å². The Hall–Kier alpha value is -2.76. The van der Waals surface area contributed by atoms with E-state index in [1.165, 1.54) is 0 Å². The van der Waals surface area contributed by atoms with Crippen molar-refractivity contribution in [1.29, 1.82) is 0 Å². The van der Waals surface area contributed by atoms with Crippen LogP contribution in [0.5, 0.6) is 17.2 Å². The molecule has 2 heterocycles. The summed E-state index contributed by atoms with van der Waals surface area (Å²) < 4.78 is 17.9. The molecular weight excluding hydrogens is 284 g/mol. The minimum atomic E-state index is -0.0677. The van der Waals surface area contributed by atoms with Crippen LogP contribution in [-0.4, -0.2) is 36.7 Å². The van der Waals surface area contributed by atoms with Crippen LogP contribution in [0.1, 0.15) is 16.2 Å². The molecular formula is C16H16N2O4. The molecule has 1 aliphatic heterocycles. The van der Waals surface area contributed by atoms with Crippen LogP contribution in [-0.2, 0) is 6.54 Å². The molecule has 1 aromatic heterocycles. The van der Waals surface area contributed by atoms with Crippen molar-refractivity contribution >= 4 is 11.9 Å². The molecule has 3 rings (SSSR count). The molecule has 0 saturated carbocycles. The van der Waals surface area contributed by atoms with Gasteiger partial charge in [0, 0.05) is 23.5 Å². The number of carbonyl (C=O) groups is 1. The number of benzene rings is 1. The lowest BCUT2D eigenvalue weighted by atomic mass is 10.1. The van der Waals surface area contributed by atoms with Crippen LogP contribution in [0.2, 0.25) is 0 Å². The first-order valence-corrected chi connectivity index (χ1v) is 6.75. The number of imidazole rings is 1. The van der Waals surface area contributed by atoms with Gasteiger partial charge in [0.25, 0.3) is 0 Å². The molecule has 114 valence electrons. The number of ether oxygens (including phenoxy) is 3. The van der Waals surface area contributed by atoms with Crippen LogP contribution in [0.25, 0.3) is 6.08 Å². The van der Waals surface area contributed by atoms with Gasteiger partial charge in [-0.2, -0.15) is 0 Å². The van der Waals surface area contributed by atoms with Crippen molar-refractivity contribution in [1.82, 2.24) is 9.55 Å². The van der Waals surface area contributed by atoms with Gasteiger partial charge in [0.1, 0.15) is 0 Å². The molecule has 0 radical (unpaired) electrons. The molecule has 6 nitrogen and oxygen atoms in total. The lowest BCUT2D eigenvalue weighted by molar-refractivity contribution is 0.103. The minimum absolute atomic E-state index is 0.0677. The second-order valence-corrected chi connectivity index (χ2v) is 4.80. The van der Waals surface area contributed by atoms with E-state index in [2.05, 4.69) is 4.98 Å². The first-order chi connectivity index (χ1) is 10.7. The van der Waals surface area contributed by atoms with Crippen LogP contribution in [0.4, 0.5) is 0 Å². The number of carbonyl (C=O) groups excluding carboxylic acids is 1. The van der Waals surface area contributed by atoms with Gasteiger partial charge < -0.3 is 18.8 Å². The quantitative estimate of drug-likeness (QED) is 0.810. The van der Waals surface area contributed by atoms with Gasteiger partial charge in [0.05, 0.1) is 27.9 Å². The van der Waals surface area contributed by atoms with Gasteiger partial charge in [0.15, 0.2) is 17.3 Å².